The number of methoxy groups -OCH3 is 1. The molecule has 3 aliphatic rings. The van der Waals surface area contributed by atoms with E-state index in [0.717, 1.165) is 11.3 Å². The number of esters is 1. The number of benzene rings is 1. The maximum Gasteiger partial charge on any atom is 0.309 e. The minimum atomic E-state index is -1.82. The van der Waals surface area contributed by atoms with Gasteiger partial charge in [-0.25, -0.2) is 0 Å². The van der Waals surface area contributed by atoms with Crippen molar-refractivity contribution < 1.29 is 58.9 Å². The Labute approximate surface area is 402 Å². The highest BCUT2D eigenvalue weighted by atomic mass is 16.7. The summed E-state index contributed by atoms with van der Waals surface area (Å²) in [5.41, 5.74) is -2.73. The second-order valence-corrected chi connectivity index (χ2v) is 21.2. The minimum absolute atomic E-state index is 0.0399. The van der Waals surface area contributed by atoms with E-state index in [4.69, 9.17) is 23.7 Å². The number of aliphatic hydroxyl groups excluding tert-OH is 3. The molecule has 1 aromatic carbocycles. The Morgan fingerprint density at radius 2 is 1.65 bits per heavy atom. The predicted octanol–water partition coefficient (Wildman–Crippen LogP) is 3.53. The van der Waals surface area contributed by atoms with Crippen molar-refractivity contribution in [3.8, 4) is 0 Å². The Morgan fingerprint density at radius 3 is 2.26 bits per heavy atom. The molecule has 1 unspecified atom stereocenters. The number of cyclic esters (lactones) is 1. The Morgan fingerprint density at radius 1 is 0.985 bits per heavy atom. The lowest BCUT2D eigenvalue weighted by Gasteiger charge is -2.51. The highest BCUT2D eigenvalue weighted by molar-refractivity contribution is 5.73. The fraction of sp³-hybridized carbons (Fsp3) is 0.816. The molecular formula is C49H82N6O13. The quantitative estimate of drug-likeness (QED) is 0.110. The normalized spacial score (nSPS) is 40.6. The van der Waals surface area contributed by atoms with E-state index in [1.165, 1.54) is 26.2 Å². The molecule has 0 radical (unpaired) electrons. The predicted molar refractivity (Wildman–Crippen MR) is 252 cm³/mol. The molecule has 0 bridgehead atoms. The van der Waals surface area contributed by atoms with E-state index in [0.29, 0.717) is 38.9 Å². The third-order valence-electron chi connectivity index (χ3n) is 15.5. The van der Waals surface area contributed by atoms with Gasteiger partial charge in [-0.15, -0.1) is 5.10 Å². The van der Waals surface area contributed by atoms with E-state index in [1.54, 1.807) is 58.4 Å². The average molecular weight is 963 g/mol. The van der Waals surface area contributed by atoms with E-state index in [-0.39, 0.29) is 37.0 Å². The maximum absolute atomic E-state index is 14.6. The van der Waals surface area contributed by atoms with E-state index < -0.39 is 107 Å². The van der Waals surface area contributed by atoms with Gasteiger partial charge in [0.25, 0.3) is 5.69 Å². The highest BCUT2D eigenvalue weighted by Crippen LogP contribution is 2.45. The van der Waals surface area contributed by atoms with Gasteiger partial charge in [-0.1, -0.05) is 45.0 Å². The van der Waals surface area contributed by atoms with Gasteiger partial charge >= 0.3 is 5.97 Å². The van der Waals surface area contributed by atoms with Crippen LogP contribution in [0.5, 0.6) is 0 Å². The third kappa shape index (κ3) is 12.8. The van der Waals surface area contributed by atoms with Crippen LogP contribution >= 0.6 is 0 Å². The number of non-ortho nitro benzene ring substituents is 1. The van der Waals surface area contributed by atoms with E-state index in [2.05, 4.69) is 15.2 Å². The number of nitrogens with zero attached hydrogens (tertiary/aromatic N) is 6. The van der Waals surface area contributed by atoms with Crippen LogP contribution in [-0.2, 0) is 47.9 Å². The van der Waals surface area contributed by atoms with Crippen molar-refractivity contribution in [1.29, 1.82) is 0 Å². The second-order valence-electron chi connectivity index (χ2n) is 21.2. The lowest BCUT2D eigenvalue weighted by atomic mass is 9.68. The molecule has 1 aromatic heterocycles. The van der Waals surface area contributed by atoms with E-state index in [9.17, 15) is 40.4 Å². The van der Waals surface area contributed by atoms with Crippen molar-refractivity contribution in [2.45, 2.75) is 198 Å². The largest absolute Gasteiger partial charge is 0.459 e. The summed E-state index contributed by atoms with van der Waals surface area (Å²) in [6, 6.07) is 5.46. The summed E-state index contributed by atoms with van der Waals surface area (Å²) < 4.78 is 33.8. The number of carbonyl (C=O) groups excluding carboxylic acids is 1. The van der Waals surface area contributed by atoms with Crippen LogP contribution in [0.25, 0.3) is 0 Å². The lowest BCUT2D eigenvalue weighted by molar-refractivity contribution is -0.384. The van der Waals surface area contributed by atoms with Gasteiger partial charge in [-0.3, -0.25) is 19.6 Å². The Bertz CT molecular complexity index is 1940. The van der Waals surface area contributed by atoms with Crippen molar-refractivity contribution in [3.63, 3.8) is 0 Å². The smallest absolute Gasteiger partial charge is 0.309 e. The van der Waals surface area contributed by atoms with Gasteiger partial charge in [0.15, 0.2) is 6.29 Å². The molecule has 0 spiro atoms. The van der Waals surface area contributed by atoms with Crippen LogP contribution in [0.15, 0.2) is 30.5 Å². The van der Waals surface area contributed by atoms with Crippen LogP contribution in [0.2, 0.25) is 0 Å². The molecule has 5 N–H and O–H groups in total. The maximum atomic E-state index is 14.6. The molecule has 0 saturated carbocycles. The average Bonchev–Trinajstić information content (AvgIpc) is 3.74. The Hall–Kier alpha value is -3.21. The van der Waals surface area contributed by atoms with Crippen LogP contribution in [-0.4, -0.2) is 180 Å². The van der Waals surface area contributed by atoms with Crippen molar-refractivity contribution >= 4 is 11.7 Å². The third-order valence-corrected chi connectivity index (χ3v) is 15.5. The molecule has 19 nitrogen and oxygen atoms in total. The van der Waals surface area contributed by atoms with Gasteiger partial charge in [0.1, 0.15) is 30.0 Å². The van der Waals surface area contributed by atoms with Gasteiger partial charge in [0.2, 0.25) is 0 Å². The molecule has 3 aliphatic heterocycles. The van der Waals surface area contributed by atoms with Crippen molar-refractivity contribution in [2.24, 2.45) is 23.7 Å². The van der Waals surface area contributed by atoms with Gasteiger partial charge in [-0.2, -0.15) is 0 Å². The standard InChI is InChI=1S/C49H82N6O13/c1-14-39-49(10,61)42(57)32(6)53(12)26-28(2)24-47(8,60)44(30(4)40(31(5)45(59)67-39)38-25-48(9,64-13)43(58)33(7)66-38)68-46-41(56)37(23-29(3)65-46)52(11)21-20-35-27-54(51-50-35)22-19-34-15-17-36(18-16-34)55(62)63/h15-18,27-33,37-44,46,56-58,60-61H,14,19-26H2,1-13H3/t28-,29-,30+,31-,32-,33+,37+,38?,39-,40+,41-,42-,43+,44-,46+,47-,48-,49-/m1/s1. The molecular weight excluding hydrogens is 881 g/mol. The molecule has 3 fully saturated rings. The Balaban J connectivity index is 1.44. The first-order valence-corrected chi connectivity index (χ1v) is 24.5. The Kier molecular flexibility index (Phi) is 18.8. The summed E-state index contributed by atoms with van der Waals surface area (Å²) >= 11 is 0. The monoisotopic (exact) mass is 963 g/mol. The first-order valence-electron chi connectivity index (χ1n) is 24.5. The van der Waals surface area contributed by atoms with Gasteiger partial charge < -0.3 is 59.0 Å². The first-order chi connectivity index (χ1) is 31.7. The molecule has 19 heteroatoms. The number of aryl methyl sites for hydroxylation is 2. The number of carbonyl (C=O) groups is 1. The number of nitro groups is 1. The van der Waals surface area contributed by atoms with Crippen molar-refractivity contribution in [3.05, 3.63) is 51.8 Å². The molecule has 0 aliphatic carbocycles. The summed E-state index contributed by atoms with van der Waals surface area (Å²) in [6.07, 6.45) is -4.42. The number of nitro benzene ring substituents is 1. The highest BCUT2D eigenvalue weighted by Gasteiger charge is 2.55. The zero-order valence-electron chi connectivity index (χ0n) is 42.6. The topological polar surface area (TPSA) is 245 Å². The molecule has 5 rings (SSSR count). The fourth-order valence-electron chi connectivity index (χ4n) is 11.3. The van der Waals surface area contributed by atoms with Gasteiger partial charge in [0.05, 0.1) is 52.2 Å². The van der Waals surface area contributed by atoms with Crippen LogP contribution in [0.1, 0.15) is 106 Å². The number of likely N-dealkylation sites (N-methyl/N-ethyl adjacent to an activating group) is 2. The van der Waals surface area contributed by atoms with Crippen molar-refractivity contribution in [1.82, 2.24) is 24.8 Å². The van der Waals surface area contributed by atoms with Crippen LogP contribution in [0, 0.1) is 33.8 Å². The zero-order valence-corrected chi connectivity index (χ0v) is 42.6. The number of aliphatic hydroxyl groups is 5. The number of aromatic nitrogens is 3. The van der Waals surface area contributed by atoms with Crippen LogP contribution < -0.4 is 0 Å². The number of hydrogen-bond donors (Lipinski definition) is 5. The molecule has 3 saturated heterocycles. The zero-order chi connectivity index (χ0) is 50.6. The molecule has 4 heterocycles. The van der Waals surface area contributed by atoms with Crippen LogP contribution in [0.3, 0.4) is 0 Å². The second kappa shape index (κ2) is 22.9. The number of hydrogen-bond acceptors (Lipinski definition) is 17. The summed E-state index contributed by atoms with van der Waals surface area (Å²) in [5, 5.41) is 79.6. The van der Waals surface area contributed by atoms with Gasteiger partial charge in [-0.05, 0) is 98.7 Å². The molecule has 68 heavy (non-hydrogen) atoms. The summed E-state index contributed by atoms with van der Waals surface area (Å²) in [7, 11) is 5.29. The molecule has 18 atom stereocenters. The number of ether oxygens (including phenoxy) is 5. The summed E-state index contributed by atoms with van der Waals surface area (Å²) in [5.74, 6) is -3.17. The lowest BCUT2D eigenvalue weighted by Crippen LogP contribution is -2.62. The fourth-order valence-corrected chi connectivity index (χ4v) is 11.3. The molecule has 2 aromatic rings. The summed E-state index contributed by atoms with van der Waals surface area (Å²) in [6.45, 7) is 19.4. The first kappa shape index (κ1) is 55.7. The minimum Gasteiger partial charge on any atom is -0.459 e. The van der Waals surface area contributed by atoms with Crippen LogP contribution in [0.4, 0.5) is 5.69 Å². The van der Waals surface area contributed by atoms with E-state index >= 15 is 0 Å². The molecule has 0 amide bonds. The number of rotatable bonds is 13. The summed E-state index contributed by atoms with van der Waals surface area (Å²) in [4.78, 5) is 29.2. The van der Waals surface area contributed by atoms with E-state index in [1.807, 2.05) is 46.0 Å². The SMILES string of the molecule is CC[C@H]1OC(=O)[C@H](C)[C@@H](C2C[C@@](C)(OC)[C@@H](O)[C@H](C)O2)[C@H](C)[C@@H](O[C@@H]2O[C@H](C)C[C@H](N(C)CCc3cn(CCc4ccc([N+](=O)[O-])cc4)nn3)[C@H]2O)[C@](C)(O)C[C@@H](C)CN(C)[C@H](C)[C@@H](O)[C@]1(C)O. The molecule has 386 valence electrons. The van der Waals surface area contributed by atoms with Gasteiger partial charge in [0, 0.05) is 75.9 Å². The van der Waals surface area contributed by atoms with Crippen molar-refractivity contribution in [2.75, 3.05) is 34.3 Å².